The Balaban J connectivity index is 0.000000162. The number of benzene rings is 2. The van der Waals surface area contributed by atoms with Crippen molar-refractivity contribution in [3.8, 4) is 0 Å². The summed E-state index contributed by atoms with van der Waals surface area (Å²) < 4.78 is 61.4. The molecule has 208 valence electrons. The van der Waals surface area contributed by atoms with Gasteiger partial charge < -0.3 is 19.0 Å². The summed E-state index contributed by atoms with van der Waals surface area (Å²) >= 11 is 0. The lowest BCUT2D eigenvalue weighted by molar-refractivity contribution is 0.0523. The van der Waals surface area contributed by atoms with Gasteiger partial charge in [-0.25, -0.2) is 27.2 Å². The van der Waals surface area contributed by atoms with Crippen LogP contribution in [0.2, 0.25) is 0 Å². The van der Waals surface area contributed by atoms with E-state index < -0.39 is 51.6 Å². The van der Waals surface area contributed by atoms with Gasteiger partial charge in [-0.15, -0.1) is 0 Å². The average Bonchev–Trinajstić information content (AvgIpc) is 3.81. The van der Waals surface area contributed by atoms with Crippen LogP contribution < -0.4 is 10.9 Å². The molecule has 0 radical (unpaired) electrons. The number of carbonyl (C=O) groups is 2. The van der Waals surface area contributed by atoms with Crippen LogP contribution in [0.4, 0.5) is 17.6 Å². The molecule has 2 aliphatic rings. The van der Waals surface area contributed by atoms with Gasteiger partial charge in [0.15, 0.2) is 23.3 Å². The van der Waals surface area contributed by atoms with Crippen LogP contribution in [-0.2, 0) is 4.74 Å². The number of fused-ring (bicyclic) bond motifs is 2. The molecule has 2 heterocycles. The molecule has 6 rings (SSSR count). The molecule has 0 aliphatic heterocycles. The van der Waals surface area contributed by atoms with Gasteiger partial charge in [0.2, 0.25) is 10.9 Å². The van der Waals surface area contributed by atoms with Crippen molar-refractivity contribution < 1.29 is 37.0 Å². The first kappa shape index (κ1) is 27.1. The van der Waals surface area contributed by atoms with Crippen LogP contribution in [0, 0.1) is 23.3 Å². The van der Waals surface area contributed by atoms with E-state index in [1.807, 2.05) is 0 Å². The summed E-state index contributed by atoms with van der Waals surface area (Å²) in [6.45, 7) is 1.77. The Morgan fingerprint density at radius 1 is 0.775 bits per heavy atom. The maximum atomic E-state index is 13.4. The molecule has 12 heteroatoms. The van der Waals surface area contributed by atoms with Gasteiger partial charge in [-0.1, -0.05) is 0 Å². The number of ether oxygens (including phenoxy) is 1. The van der Waals surface area contributed by atoms with Gasteiger partial charge in [0, 0.05) is 47.4 Å². The fourth-order valence-corrected chi connectivity index (χ4v) is 4.50. The summed E-state index contributed by atoms with van der Waals surface area (Å²) in [6.07, 6.45) is 6.00. The number of carbonyl (C=O) groups excluding carboxylic acids is 1. The molecule has 0 saturated heterocycles. The molecule has 0 unspecified atom stereocenters. The minimum Gasteiger partial charge on any atom is -0.477 e. The van der Waals surface area contributed by atoms with Crippen LogP contribution >= 0.6 is 0 Å². The van der Waals surface area contributed by atoms with Crippen molar-refractivity contribution in [1.29, 1.82) is 0 Å². The fraction of sp³-hybridized carbons (Fsp3) is 0.286. The normalized spacial score (nSPS) is 14.6. The van der Waals surface area contributed by atoms with Crippen LogP contribution in [0.5, 0.6) is 0 Å². The number of hydrogen-bond donors (Lipinski definition) is 1. The Labute approximate surface area is 223 Å². The number of carboxylic acid groups (broad SMARTS) is 1. The van der Waals surface area contributed by atoms with Crippen LogP contribution in [-0.4, -0.2) is 32.8 Å². The van der Waals surface area contributed by atoms with Gasteiger partial charge in [-0.2, -0.15) is 0 Å². The van der Waals surface area contributed by atoms with E-state index in [0.717, 1.165) is 49.9 Å². The van der Waals surface area contributed by atoms with Gasteiger partial charge in [0.1, 0.15) is 11.1 Å². The molecule has 2 aromatic carbocycles. The van der Waals surface area contributed by atoms with Crippen LogP contribution in [0.3, 0.4) is 0 Å². The maximum Gasteiger partial charge on any atom is 0.343 e. The Kier molecular flexibility index (Phi) is 6.94. The third-order valence-corrected chi connectivity index (χ3v) is 6.75. The molecule has 2 aromatic heterocycles. The first-order valence-corrected chi connectivity index (χ1v) is 12.5. The molecule has 2 fully saturated rings. The maximum absolute atomic E-state index is 13.4. The van der Waals surface area contributed by atoms with Crippen molar-refractivity contribution in [3.05, 3.63) is 91.5 Å². The molecule has 2 aliphatic carbocycles. The summed E-state index contributed by atoms with van der Waals surface area (Å²) in [5, 5.41) is 8.88. The zero-order valence-electron chi connectivity index (χ0n) is 21.0. The smallest absolute Gasteiger partial charge is 0.343 e. The summed E-state index contributed by atoms with van der Waals surface area (Å²) in [4.78, 5) is 47.1. The number of pyridine rings is 2. The number of halogens is 4. The number of hydrogen-bond acceptors (Lipinski definition) is 5. The van der Waals surface area contributed by atoms with Crippen LogP contribution in [0.25, 0.3) is 21.8 Å². The van der Waals surface area contributed by atoms with Gasteiger partial charge in [0.05, 0.1) is 17.6 Å². The molecule has 4 aromatic rings. The first-order chi connectivity index (χ1) is 19.0. The molecule has 0 atom stereocenters. The average molecular weight is 558 g/mol. The summed E-state index contributed by atoms with van der Waals surface area (Å²) in [5.41, 5.74) is -1.48. The number of aromatic carboxylic acids is 1. The number of nitrogens with zero attached hydrogens (tertiary/aromatic N) is 2. The van der Waals surface area contributed by atoms with Crippen LogP contribution in [0.15, 0.2) is 46.2 Å². The predicted molar refractivity (Wildman–Crippen MR) is 136 cm³/mol. The van der Waals surface area contributed by atoms with Gasteiger partial charge >= 0.3 is 11.9 Å². The minimum absolute atomic E-state index is 0.00801. The Morgan fingerprint density at radius 3 is 1.57 bits per heavy atom. The van der Waals surface area contributed by atoms with Crippen molar-refractivity contribution in [2.45, 2.75) is 44.7 Å². The highest BCUT2D eigenvalue weighted by Crippen LogP contribution is 2.38. The molecule has 0 bridgehead atoms. The van der Waals surface area contributed by atoms with E-state index in [0.29, 0.717) is 5.52 Å². The fourth-order valence-electron chi connectivity index (χ4n) is 4.50. The number of esters is 1. The first-order valence-electron chi connectivity index (χ1n) is 12.5. The third kappa shape index (κ3) is 4.96. The number of aromatic nitrogens is 2. The SMILES string of the molecule is CCOC(=O)c1cn(C2CC2)c2cc(F)c(F)cc2c1=O.O=C(O)c1cn(C2CC2)c2cc(F)c(F)cc2c1=O. The minimum atomic E-state index is -1.37. The predicted octanol–water partition coefficient (Wildman–Crippen LogP) is 5.10. The summed E-state index contributed by atoms with van der Waals surface area (Å²) in [5.74, 6) is -6.45. The van der Waals surface area contributed by atoms with Gasteiger partial charge in [-0.3, -0.25) is 9.59 Å². The second-order valence-corrected chi connectivity index (χ2v) is 9.61. The van der Waals surface area contributed by atoms with Crippen molar-refractivity contribution >= 4 is 33.7 Å². The van der Waals surface area contributed by atoms with E-state index >= 15 is 0 Å². The highest BCUT2D eigenvalue weighted by molar-refractivity contribution is 5.94. The second-order valence-electron chi connectivity index (χ2n) is 9.61. The Bertz CT molecular complexity index is 1820. The highest BCUT2D eigenvalue weighted by Gasteiger charge is 2.29. The summed E-state index contributed by atoms with van der Waals surface area (Å²) in [7, 11) is 0. The molecule has 1 N–H and O–H groups in total. The van der Waals surface area contributed by atoms with E-state index in [-0.39, 0.29) is 40.5 Å². The molecule has 8 nitrogen and oxygen atoms in total. The van der Waals surface area contributed by atoms with E-state index in [1.165, 1.54) is 12.4 Å². The molecular weight excluding hydrogens is 536 g/mol. The largest absolute Gasteiger partial charge is 0.477 e. The lowest BCUT2D eigenvalue weighted by atomic mass is 10.1. The monoisotopic (exact) mass is 558 g/mol. The van der Waals surface area contributed by atoms with Gasteiger partial charge in [0.25, 0.3) is 0 Å². The molecule has 40 heavy (non-hydrogen) atoms. The topological polar surface area (TPSA) is 108 Å². The second kappa shape index (κ2) is 10.2. The van der Waals surface area contributed by atoms with Crippen molar-refractivity contribution in [3.63, 3.8) is 0 Å². The zero-order chi connectivity index (χ0) is 28.9. The number of rotatable bonds is 5. The van der Waals surface area contributed by atoms with Gasteiger partial charge in [-0.05, 0) is 44.7 Å². The molecular formula is C28H22F4N2O6. The standard InChI is InChI=1S/C15H13F2NO3.C13H9F2NO3/c1-2-21-15(20)10-7-18(8-3-4-8)13-6-12(17)11(16)5-9(13)14(10)19;14-9-3-7-11(4-10(9)15)16(6-1-2-6)5-8(12(7)17)13(18)19/h5-8H,2-4H2,1H3;3-6H,1-2H2,(H,18,19). The van der Waals surface area contributed by atoms with E-state index in [2.05, 4.69) is 0 Å². The van der Waals surface area contributed by atoms with E-state index in [1.54, 1.807) is 16.1 Å². The summed E-state index contributed by atoms with van der Waals surface area (Å²) in [6, 6.07) is 3.69. The van der Waals surface area contributed by atoms with Crippen LogP contribution in [0.1, 0.15) is 65.4 Å². The molecule has 2 saturated carbocycles. The third-order valence-electron chi connectivity index (χ3n) is 6.75. The number of carboxylic acids is 1. The molecule has 0 amide bonds. The Morgan fingerprint density at radius 2 is 1.18 bits per heavy atom. The van der Waals surface area contributed by atoms with E-state index in [9.17, 15) is 36.7 Å². The zero-order valence-corrected chi connectivity index (χ0v) is 21.0. The molecule has 0 spiro atoms. The van der Waals surface area contributed by atoms with Crippen molar-refractivity contribution in [2.24, 2.45) is 0 Å². The quantitative estimate of drug-likeness (QED) is 0.270. The van der Waals surface area contributed by atoms with E-state index in [4.69, 9.17) is 9.84 Å². The lowest BCUT2D eigenvalue weighted by Gasteiger charge is -2.12. The highest BCUT2D eigenvalue weighted by atomic mass is 19.2. The Hall–Kier alpha value is -4.48. The lowest BCUT2D eigenvalue weighted by Crippen LogP contribution is -2.21. The van der Waals surface area contributed by atoms with Crippen molar-refractivity contribution in [2.75, 3.05) is 6.61 Å². The van der Waals surface area contributed by atoms with Crippen molar-refractivity contribution in [1.82, 2.24) is 9.13 Å².